The van der Waals surface area contributed by atoms with Gasteiger partial charge in [-0.3, -0.25) is 14.5 Å². The molecule has 3 aromatic rings. The Hall–Kier alpha value is -3.14. The summed E-state index contributed by atoms with van der Waals surface area (Å²) in [4.78, 5) is 27.0. The Kier molecular flexibility index (Phi) is 4.19. The molecule has 0 aromatic heterocycles. The molecule has 0 saturated carbocycles. The van der Waals surface area contributed by atoms with Gasteiger partial charge in [0.15, 0.2) is 0 Å². The van der Waals surface area contributed by atoms with Gasteiger partial charge in [-0.15, -0.1) is 0 Å². The molecule has 1 atom stereocenters. The highest BCUT2D eigenvalue weighted by Gasteiger charge is 2.31. The van der Waals surface area contributed by atoms with E-state index in [1.807, 2.05) is 62.4 Å². The van der Waals surface area contributed by atoms with Crippen LogP contribution in [-0.4, -0.2) is 18.4 Å². The fraction of sp³-hybridized carbons (Fsp3) is 0.217. The highest BCUT2D eigenvalue weighted by Crippen LogP contribution is 2.36. The third-order valence-electron chi connectivity index (χ3n) is 5.22. The topological polar surface area (TPSA) is 49.4 Å². The average molecular weight is 358 g/mol. The van der Waals surface area contributed by atoms with Crippen molar-refractivity contribution in [3.63, 3.8) is 0 Å². The number of anilines is 1. The Morgan fingerprint density at radius 1 is 1.07 bits per heavy atom. The SMILES string of the molecule is Cc1ccc([C@H](C)NC(=O)CN2C(=O)c3cccc4cccc2c34)c(C)c1. The molecule has 4 heteroatoms. The van der Waals surface area contributed by atoms with Crippen molar-refractivity contribution < 1.29 is 9.59 Å². The minimum absolute atomic E-state index is 0.0157. The fourth-order valence-corrected chi connectivity index (χ4v) is 3.96. The molecule has 27 heavy (non-hydrogen) atoms. The molecule has 0 aliphatic carbocycles. The van der Waals surface area contributed by atoms with E-state index >= 15 is 0 Å². The molecular formula is C23H22N2O2. The first kappa shape index (κ1) is 17.3. The van der Waals surface area contributed by atoms with Gasteiger partial charge in [-0.05, 0) is 49.4 Å². The molecule has 0 spiro atoms. The van der Waals surface area contributed by atoms with Crippen LogP contribution in [0.5, 0.6) is 0 Å². The summed E-state index contributed by atoms with van der Waals surface area (Å²) < 4.78 is 0. The number of carbonyl (C=O) groups is 2. The summed E-state index contributed by atoms with van der Waals surface area (Å²) in [6.07, 6.45) is 0. The van der Waals surface area contributed by atoms with Gasteiger partial charge in [-0.2, -0.15) is 0 Å². The van der Waals surface area contributed by atoms with Crippen LogP contribution in [0.25, 0.3) is 10.8 Å². The van der Waals surface area contributed by atoms with Crippen molar-refractivity contribution in [1.29, 1.82) is 0 Å². The van der Waals surface area contributed by atoms with E-state index in [-0.39, 0.29) is 24.4 Å². The molecule has 4 rings (SSSR count). The number of benzene rings is 3. The first-order chi connectivity index (χ1) is 13.0. The Morgan fingerprint density at radius 2 is 1.81 bits per heavy atom. The summed E-state index contributed by atoms with van der Waals surface area (Å²) in [5.41, 5.74) is 4.91. The highest BCUT2D eigenvalue weighted by atomic mass is 16.2. The van der Waals surface area contributed by atoms with E-state index < -0.39 is 0 Å². The Labute approximate surface area is 158 Å². The van der Waals surface area contributed by atoms with Crippen LogP contribution in [0, 0.1) is 13.8 Å². The van der Waals surface area contributed by atoms with Crippen LogP contribution in [0.15, 0.2) is 54.6 Å². The van der Waals surface area contributed by atoms with Crippen molar-refractivity contribution in [3.05, 3.63) is 76.9 Å². The molecule has 0 unspecified atom stereocenters. The molecule has 1 aliphatic rings. The number of aryl methyl sites for hydroxylation is 2. The molecule has 0 fully saturated rings. The molecule has 1 aliphatic heterocycles. The van der Waals surface area contributed by atoms with E-state index in [2.05, 4.69) is 18.3 Å². The number of carbonyl (C=O) groups excluding carboxylic acids is 2. The van der Waals surface area contributed by atoms with Gasteiger partial charge < -0.3 is 5.32 Å². The maximum Gasteiger partial charge on any atom is 0.259 e. The largest absolute Gasteiger partial charge is 0.348 e. The van der Waals surface area contributed by atoms with Crippen molar-refractivity contribution in [1.82, 2.24) is 5.32 Å². The lowest BCUT2D eigenvalue weighted by molar-refractivity contribution is -0.120. The summed E-state index contributed by atoms with van der Waals surface area (Å²) in [5, 5.41) is 4.98. The first-order valence-corrected chi connectivity index (χ1v) is 9.16. The van der Waals surface area contributed by atoms with E-state index in [4.69, 9.17) is 0 Å². The molecule has 4 nitrogen and oxygen atoms in total. The second kappa shape index (κ2) is 6.54. The lowest BCUT2D eigenvalue weighted by atomic mass is 10.0. The second-order valence-corrected chi connectivity index (χ2v) is 7.22. The van der Waals surface area contributed by atoms with E-state index in [0.717, 1.165) is 27.6 Å². The zero-order valence-electron chi connectivity index (χ0n) is 15.7. The maximum atomic E-state index is 12.8. The van der Waals surface area contributed by atoms with Gasteiger partial charge in [0.05, 0.1) is 11.7 Å². The minimum atomic E-state index is -0.166. The molecule has 1 N–H and O–H groups in total. The fourth-order valence-electron chi connectivity index (χ4n) is 3.96. The summed E-state index contributed by atoms with van der Waals surface area (Å²) in [6.45, 7) is 6.09. The normalized spacial score (nSPS) is 13.9. The van der Waals surface area contributed by atoms with Crippen LogP contribution in [0.3, 0.4) is 0 Å². The molecule has 3 aromatic carbocycles. The van der Waals surface area contributed by atoms with Crippen LogP contribution in [0.4, 0.5) is 5.69 Å². The summed E-state index contributed by atoms with van der Waals surface area (Å²) in [5.74, 6) is -0.281. The number of nitrogens with one attached hydrogen (secondary N) is 1. The van der Waals surface area contributed by atoms with Gasteiger partial charge in [0, 0.05) is 10.9 Å². The zero-order valence-corrected chi connectivity index (χ0v) is 15.7. The minimum Gasteiger partial charge on any atom is -0.348 e. The van der Waals surface area contributed by atoms with Crippen molar-refractivity contribution >= 4 is 28.3 Å². The molecule has 136 valence electrons. The molecule has 0 saturated heterocycles. The number of rotatable bonds is 4. The maximum absolute atomic E-state index is 12.8. The molecule has 0 radical (unpaired) electrons. The Bertz CT molecular complexity index is 1070. The van der Waals surface area contributed by atoms with E-state index in [0.29, 0.717) is 5.56 Å². The number of hydrogen-bond donors (Lipinski definition) is 1. The van der Waals surface area contributed by atoms with Gasteiger partial charge in [0.25, 0.3) is 5.91 Å². The van der Waals surface area contributed by atoms with Gasteiger partial charge >= 0.3 is 0 Å². The van der Waals surface area contributed by atoms with Gasteiger partial charge in [-0.25, -0.2) is 0 Å². The van der Waals surface area contributed by atoms with Crippen LogP contribution in [0.2, 0.25) is 0 Å². The van der Waals surface area contributed by atoms with Crippen LogP contribution in [-0.2, 0) is 4.79 Å². The van der Waals surface area contributed by atoms with Crippen molar-refractivity contribution in [2.45, 2.75) is 26.8 Å². The number of nitrogens with zero attached hydrogens (tertiary/aromatic N) is 1. The summed E-state index contributed by atoms with van der Waals surface area (Å²) >= 11 is 0. The number of amides is 2. The standard InChI is InChI=1S/C23H22N2O2/c1-14-10-11-18(15(2)12-14)16(3)24-21(26)13-25-20-9-5-7-17-6-4-8-19(22(17)20)23(25)27/h4-12,16H,13H2,1-3H3,(H,24,26)/t16-/m0/s1. The molecule has 1 heterocycles. The van der Waals surface area contributed by atoms with Crippen LogP contribution < -0.4 is 10.2 Å². The first-order valence-electron chi connectivity index (χ1n) is 9.16. The van der Waals surface area contributed by atoms with Gasteiger partial charge in [0.1, 0.15) is 6.54 Å². The van der Waals surface area contributed by atoms with Crippen LogP contribution in [0.1, 0.15) is 40.0 Å². The predicted octanol–water partition coefficient (Wildman–Crippen LogP) is 4.29. The van der Waals surface area contributed by atoms with Crippen LogP contribution >= 0.6 is 0 Å². The smallest absolute Gasteiger partial charge is 0.259 e. The monoisotopic (exact) mass is 358 g/mol. The second-order valence-electron chi connectivity index (χ2n) is 7.22. The molecular weight excluding hydrogens is 336 g/mol. The Morgan fingerprint density at radius 3 is 2.56 bits per heavy atom. The summed E-state index contributed by atoms with van der Waals surface area (Å²) in [7, 11) is 0. The van der Waals surface area contributed by atoms with E-state index in [9.17, 15) is 9.59 Å². The summed E-state index contributed by atoms with van der Waals surface area (Å²) in [6, 6.07) is 17.6. The Balaban J connectivity index is 1.54. The third kappa shape index (κ3) is 2.97. The highest BCUT2D eigenvalue weighted by molar-refractivity contribution is 6.26. The van der Waals surface area contributed by atoms with Crippen molar-refractivity contribution in [2.24, 2.45) is 0 Å². The van der Waals surface area contributed by atoms with Crippen molar-refractivity contribution in [2.75, 3.05) is 11.4 Å². The predicted molar refractivity (Wildman–Crippen MR) is 108 cm³/mol. The molecule has 2 amide bonds. The zero-order chi connectivity index (χ0) is 19.1. The number of hydrogen-bond acceptors (Lipinski definition) is 2. The lowest BCUT2D eigenvalue weighted by Gasteiger charge is -2.21. The molecule has 0 bridgehead atoms. The average Bonchev–Trinajstić information content (AvgIpc) is 2.89. The van der Waals surface area contributed by atoms with E-state index in [1.54, 1.807) is 4.90 Å². The van der Waals surface area contributed by atoms with Gasteiger partial charge in [0.2, 0.25) is 5.91 Å². The quantitative estimate of drug-likeness (QED) is 0.756. The van der Waals surface area contributed by atoms with Gasteiger partial charge in [-0.1, -0.05) is 48.0 Å². The van der Waals surface area contributed by atoms with E-state index in [1.165, 1.54) is 5.56 Å². The van der Waals surface area contributed by atoms with Crippen molar-refractivity contribution in [3.8, 4) is 0 Å². The third-order valence-corrected chi connectivity index (χ3v) is 5.22. The lowest BCUT2D eigenvalue weighted by Crippen LogP contribution is -2.40.